The van der Waals surface area contributed by atoms with E-state index in [2.05, 4.69) is 15.3 Å². The van der Waals surface area contributed by atoms with Crippen molar-refractivity contribution < 1.29 is 12.8 Å². The van der Waals surface area contributed by atoms with Crippen molar-refractivity contribution in [3.63, 3.8) is 0 Å². The number of nitrogens with zero attached hydrogens (tertiary/aromatic N) is 2. The summed E-state index contributed by atoms with van der Waals surface area (Å²) >= 11 is 0. The van der Waals surface area contributed by atoms with Gasteiger partial charge in [-0.2, -0.15) is 0 Å². The maximum Gasteiger partial charge on any atom is 0.247 e. The van der Waals surface area contributed by atoms with Crippen LogP contribution in [0.5, 0.6) is 0 Å². The van der Waals surface area contributed by atoms with Gasteiger partial charge in [-0.15, -0.1) is 0 Å². The van der Waals surface area contributed by atoms with Gasteiger partial charge < -0.3 is 5.32 Å². The van der Waals surface area contributed by atoms with E-state index in [-0.39, 0.29) is 5.16 Å². The molecular weight excluding hydrogens is 221 g/mol. The van der Waals surface area contributed by atoms with Gasteiger partial charge in [0.1, 0.15) is 0 Å². The van der Waals surface area contributed by atoms with Gasteiger partial charge in [-0.3, -0.25) is 0 Å². The van der Waals surface area contributed by atoms with E-state index in [1.54, 1.807) is 0 Å². The van der Waals surface area contributed by atoms with E-state index in [1.165, 1.54) is 0 Å². The summed E-state index contributed by atoms with van der Waals surface area (Å²) in [4.78, 5) is 6.99. The molecule has 2 heterocycles. The molecule has 0 aliphatic carbocycles. The van der Waals surface area contributed by atoms with Gasteiger partial charge in [0, 0.05) is 6.54 Å². The Morgan fingerprint density at radius 1 is 1.40 bits per heavy atom. The lowest BCUT2D eigenvalue weighted by atomic mass is 10.4. The molecule has 1 aromatic heterocycles. The molecule has 0 amide bonds. The van der Waals surface area contributed by atoms with Crippen LogP contribution in [0.4, 0.5) is 4.39 Å². The normalized spacial score (nSPS) is 21.8. The number of sulfone groups is 1. The second-order valence-electron chi connectivity index (χ2n) is 3.34. The molecule has 0 bridgehead atoms. The zero-order chi connectivity index (χ0) is 10.9. The lowest BCUT2D eigenvalue weighted by molar-refractivity contribution is 0.565. The van der Waals surface area contributed by atoms with Crippen LogP contribution in [0, 0.1) is 5.82 Å². The lowest BCUT2D eigenvalue weighted by Crippen LogP contribution is -2.25. The molecule has 1 aliphatic rings. The summed E-state index contributed by atoms with van der Waals surface area (Å²) < 4.78 is 36.2. The van der Waals surface area contributed by atoms with Gasteiger partial charge in [0.15, 0.2) is 5.82 Å². The van der Waals surface area contributed by atoms with E-state index in [4.69, 9.17) is 0 Å². The first-order valence-electron chi connectivity index (χ1n) is 4.53. The predicted molar refractivity (Wildman–Crippen MR) is 50.5 cm³/mol. The smallest absolute Gasteiger partial charge is 0.247 e. The number of aromatic nitrogens is 2. The van der Waals surface area contributed by atoms with Gasteiger partial charge in [-0.25, -0.2) is 22.8 Å². The minimum absolute atomic E-state index is 0.294. The standard InChI is InChI=1S/C8H10FN3O2S/c9-6-3-11-8(12-4-6)15(13,14)7-1-2-10-5-7/h3-4,7,10H,1-2,5H2/t7-/m1/s1. The Labute approximate surface area is 86.7 Å². The molecule has 2 rings (SSSR count). The summed E-state index contributed by atoms with van der Waals surface area (Å²) in [6, 6.07) is 0. The topological polar surface area (TPSA) is 72.0 Å². The largest absolute Gasteiger partial charge is 0.315 e. The zero-order valence-corrected chi connectivity index (χ0v) is 8.67. The fraction of sp³-hybridized carbons (Fsp3) is 0.500. The third-order valence-electron chi connectivity index (χ3n) is 2.31. The summed E-state index contributed by atoms with van der Waals surface area (Å²) in [5.41, 5.74) is 0. The molecule has 7 heteroatoms. The molecule has 15 heavy (non-hydrogen) atoms. The van der Waals surface area contributed by atoms with Crippen molar-refractivity contribution in [3.8, 4) is 0 Å². The van der Waals surface area contributed by atoms with Crippen LogP contribution >= 0.6 is 0 Å². The maximum absolute atomic E-state index is 12.5. The van der Waals surface area contributed by atoms with Gasteiger partial charge in [0.05, 0.1) is 17.6 Å². The van der Waals surface area contributed by atoms with Crippen molar-refractivity contribution in [1.82, 2.24) is 15.3 Å². The highest BCUT2D eigenvalue weighted by molar-refractivity contribution is 7.91. The molecule has 0 radical (unpaired) electrons. The average molecular weight is 231 g/mol. The SMILES string of the molecule is O=S(=O)(c1ncc(F)cn1)[C@@H]1CCNC1. The lowest BCUT2D eigenvalue weighted by Gasteiger charge is -2.07. The average Bonchev–Trinajstić information content (AvgIpc) is 2.71. The van der Waals surface area contributed by atoms with Crippen molar-refractivity contribution in [1.29, 1.82) is 0 Å². The van der Waals surface area contributed by atoms with Gasteiger partial charge in [0.25, 0.3) is 0 Å². The molecule has 82 valence electrons. The Morgan fingerprint density at radius 3 is 2.60 bits per heavy atom. The van der Waals surface area contributed by atoms with Crippen molar-refractivity contribution >= 4 is 9.84 Å². The monoisotopic (exact) mass is 231 g/mol. The van der Waals surface area contributed by atoms with Crippen LogP contribution in [0.3, 0.4) is 0 Å². The Morgan fingerprint density at radius 2 is 2.07 bits per heavy atom. The first kappa shape index (κ1) is 10.4. The van der Waals surface area contributed by atoms with Crippen LogP contribution < -0.4 is 5.32 Å². The summed E-state index contributed by atoms with van der Waals surface area (Å²) in [6.07, 6.45) is 2.27. The van der Waals surface area contributed by atoms with Crippen molar-refractivity contribution in [2.45, 2.75) is 16.8 Å². The molecule has 1 aromatic rings. The molecule has 1 aliphatic heterocycles. The highest BCUT2D eigenvalue weighted by Crippen LogP contribution is 2.16. The third kappa shape index (κ3) is 1.98. The van der Waals surface area contributed by atoms with Crippen molar-refractivity contribution in [2.75, 3.05) is 13.1 Å². The Balaban J connectivity index is 2.32. The predicted octanol–water partition coefficient (Wildman–Crippen LogP) is -0.249. The molecule has 1 atom stereocenters. The van der Waals surface area contributed by atoms with Gasteiger partial charge in [0.2, 0.25) is 15.0 Å². The van der Waals surface area contributed by atoms with Crippen molar-refractivity contribution in [3.05, 3.63) is 18.2 Å². The number of nitrogens with one attached hydrogen (secondary N) is 1. The minimum Gasteiger partial charge on any atom is -0.315 e. The van der Waals surface area contributed by atoms with E-state index in [9.17, 15) is 12.8 Å². The molecule has 1 saturated heterocycles. The van der Waals surface area contributed by atoms with Gasteiger partial charge >= 0.3 is 0 Å². The quantitative estimate of drug-likeness (QED) is 0.711. The van der Waals surface area contributed by atoms with E-state index in [0.717, 1.165) is 12.4 Å². The third-order valence-corrected chi connectivity index (χ3v) is 4.30. The minimum atomic E-state index is -3.51. The number of halogens is 1. The fourth-order valence-corrected chi connectivity index (χ4v) is 2.95. The van der Waals surface area contributed by atoms with Crippen LogP contribution in [0.25, 0.3) is 0 Å². The van der Waals surface area contributed by atoms with Gasteiger partial charge in [-0.1, -0.05) is 0 Å². The maximum atomic E-state index is 12.5. The number of hydrogen-bond acceptors (Lipinski definition) is 5. The molecule has 0 aromatic carbocycles. The second kappa shape index (κ2) is 3.82. The fourth-order valence-electron chi connectivity index (χ4n) is 1.49. The van der Waals surface area contributed by atoms with Crippen LogP contribution in [0.1, 0.15) is 6.42 Å². The molecule has 0 saturated carbocycles. The molecule has 1 N–H and O–H groups in total. The Hall–Kier alpha value is -1.08. The first-order valence-corrected chi connectivity index (χ1v) is 6.07. The van der Waals surface area contributed by atoms with E-state index in [0.29, 0.717) is 19.5 Å². The molecule has 0 spiro atoms. The van der Waals surface area contributed by atoms with Crippen LogP contribution in [0.15, 0.2) is 17.6 Å². The van der Waals surface area contributed by atoms with Crippen LogP contribution in [0.2, 0.25) is 0 Å². The van der Waals surface area contributed by atoms with Crippen LogP contribution in [-0.2, 0) is 9.84 Å². The van der Waals surface area contributed by atoms with Crippen molar-refractivity contribution in [2.24, 2.45) is 0 Å². The molecule has 5 nitrogen and oxygen atoms in total. The summed E-state index contributed by atoms with van der Waals surface area (Å²) in [7, 11) is -3.51. The zero-order valence-electron chi connectivity index (χ0n) is 7.85. The Bertz CT molecular complexity index is 439. The van der Waals surface area contributed by atoms with Crippen LogP contribution in [-0.4, -0.2) is 36.7 Å². The van der Waals surface area contributed by atoms with E-state index < -0.39 is 20.9 Å². The second-order valence-corrected chi connectivity index (χ2v) is 5.47. The number of hydrogen-bond donors (Lipinski definition) is 1. The van der Waals surface area contributed by atoms with E-state index >= 15 is 0 Å². The van der Waals surface area contributed by atoms with Gasteiger partial charge in [-0.05, 0) is 13.0 Å². The summed E-state index contributed by atoms with van der Waals surface area (Å²) in [5.74, 6) is -0.640. The Kier molecular flexibility index (Phi) is 2.66. The molecule has 0 unspecified atom stereocenters. The first-order chi connectivity index (χ1) is 7.10. The van der Waals surface area contributed by atoms with E-state index in [1.807, 2.05) is 0 Å². The summed E-state index contributed by atoms with van der Waals surface area (Å²) in [5, 5.41) is 2.16. The highest BCUT2D eigenvalue weighted by Gasteiger charge is 2.32. The number of rotatable bonds is 2. The highest BCUT2D eigenvalue weighted by atomic mass is 32.2. The summed E-state index contributed by atoms with van der Waals surface area (Å²) in [6.45, 7) is 1.08. The molecule has 1 fully saturated rings. The molecular formula is C8H10FN3O2S.